The minimum Gasteiger partial charge on any atom is -0.423 e. The van der Waals surface area contributed by atoms with Gasteiger partial charge in [-0.1, -0.05) is 80.4 Å². The van der Waals surface area contributed by atoms with Crippen molar-refractivity contribution < 1.29 is 9.53 Å². The van der Waals surface area contributed by atoms with Crippen LogP contribution in [-0.4, -0.2) is 5.97 Å². The highest BCUT2D eigenvalue weighted by molar-refractivity contribution is 6.01. The van der Waals surface area contributed by atoms with E-state index >= 15 is 0 Å². The fourth-order valence-electron chi connectivity index (χ4n) is 6.29. The van der Waals surface area contributed by atoms with E-state index in [0.717, 1.165) is 38.8 Å². The smallest absolute Gasteiger partial charge is 0.343 e. The van der Waals surface area contributed by atoms with E-state index in [1.807, 2.05) is 84.9 Å². The first-order valence-corrected chi connectivity index (χ1v) is 16.1. The molecule has 0 aromatic heterocycles. The Morgan fingerprint density at radius 3 is 1.70 bits per heavy atom. The van der Waals surface area contributed by atoms with E-state index in [-0.39, 0.29) is 0 Å². The van der Waals surface area contributed by atoms with Crippen molar-refractivity contribution in [2.75, 3.05) is 5.73 Å². The van der Waals surface area contributed by atoms with Crippen molar-refractivity contribution in [2.24, 2.45) is 26.4 Å². The molecule has 1 aliphatic carbocycles. The van der Waals surface area contributed by atoms with Gasteiger partial charge in [0.2, 0.25) is 0 Å². The number of rotatable bonds is 7. The fraction of sp³-hybridized carbons (Fsp3) is 0.175. The first kappa shape index (κ1) is 30.0. The van der Waals surface area contributed by atoms with E-state index < -0.39 is 5.97 Å². The molecule has 6 aromatic carbocycles. The van der Waals surface area contributed by atoms with Crippen molar-refractivity contribution in [3.63, 3.8) is 0 Å². The van der Waals surface area contributed by atoms with Crippen molar-refractivity contribution in [2.45, 2.75) is 38.5 Å². The molecule has 0 amide bonds. The second kappa shape index (κ2) is 13.3. The number of nitrogens with two attached hydrogens (primary N) is 1. The summed E-state index contributed by atoms with van der Waals surface area (Å²) in [6.45, 7) is 2.33. The number of nitrogen functional groups attached to an aromatic ring is 1. The van der Waals surface area contributed by atoms with Gasteiger partial charge in [-0.3, -0.25) is 0 Å². The minimum absolute atomic E-state index is 0.407. The number of esters is 1. The molecule has 1 aliphatic rings. The van der Waals surface area contributed by atoms with Gasteiger partial charge in [0.1, 0.15) is 5.75 Å². The van der Waals surface area contributed by atoms with Gasteiger partial charge in [-0.25, -0.2) is 4.79 Å². The number of fused-ring (bicyclic) bond motifs is 2. The van der Waals surface area contributed by atoms with Crippen LogP contribution < -0.4 is 10.5 Å². The molecule has 0 bridgehead atoms. The van der Waals surface area contributed by atoms with Gasteiger partial charge in [0.15, 0.2) is 0 Å². The van der Waals surface area contributed by atoms with Crippen LogP contribution in [0.4, 0.5) is 28.4 Å². The summed E-state index contributed by atoms with van der Waals surface area (Å²) in [5.74, 6) is 1.55. The number of hydrogen-bond acceptors (Lipinski definition) is 7. The molecule has 2 N–H and O–H groups in total. The summed E-state index contributed by atoms with van der Waals surface area (Å²) in [6.07, 6.45) is 4.99. The van der Waals surface area contributed by atoms with E-state index in [1.165, 1.54) is 31.2 Å². The van der Waals surface area contributed by atoms with Crippen LogP contribution in [-0.2, 0) is 0 Å². The zero-order valence-corrected chi connectivity index (χ0v) is 26.2. The number of azo groups is 2. The van der Waals surface area contributed by atoms with E-state index in [4.69, 9.17) is 10.5 Å². The Kier molecular flexibility index (Phi) is 8.52. The second-order valence-electron chi connectivity index (χ2n) is 12.2. The summed E-state index contributed by atoms with van der Waals surface area (Å²) in [7, 11) is 0. The average Bonchev–Trinajstić information content (AvgIpc) is 3.12. The highest BCUT2D eigenvalue weighted by Crippen LogP contribution is 2.38. The van der Waals surface area contributed by atoms with Crippen molar-refractivity contribution >= 4 is 56.0 Å². The van der Waals surface area contributed by atoms with Crippen LogP contribution >= 0.6 is 0 Å². The maximum absolute atomic E-state index is 12.8. The highest BCUT2D eigenvalue weighted by atomic mass is 16.5. The molecule has 232 valence electrons. The molecular formula is C40H35N5O2. The molecule has 0 aliphatic heterocycles. The highest BCUT2D eigenvalue weighted by Gasteiger charge is 2.20. The third kappa shape index (κ3) is 6.65. The summed E-state index contributed by atoms with van der Waals surface area (Å²) in [5, 5.41) is 21.8. The van der Waals surface area contributed by atoms with Crippen LogP contribution in [0, 0.1) is 5.92 Å². The lowest BCUT2D eigenvalue weighted by Crippen LogP contribution is -2.11. The van der Waals surface area contributed by atoms with Crippen LogP contribution in [0.25, 0.3) is 21.5 Å². The van der Waals surface area contributed by atoms with Gasteiger partial charge in [0.05, 0.1) is 28.3 Å². The summed E-state index contributed by atoms with van der Waals surface area (Å²) in [6, 6.07) is 38.2. The largest absolute Gasteiger partial charge is 0.423 e. The van der Waals surface area contributed by atoms with E-state index in [1.54, 1.807) is 24.3 Å². The minimum atomic E-state index is -0.407. The summed E-state index contributed by atoms with van der Waals surface area (Å²) in [4.78, 5) is 12.8. The molecule has 7 heteroatoms. The Morgan fingerprint density at radius 2 is 1.11 bits per heavy atom. The number of anilines is 1. The fourth-order valence-corrected chi connectivity index (χ4v) is 6.29. The van der Waals surface area contributed by atoms with Crippen molar-refractivity contribution in [1.29, 1.82) is 0 Å². The molecule has 7 rings (SSSR count). The van der Waals surface area contributed by atoms with Crippen LogP contribution in [0.3, 0.4) is 0 Å². The number of carbonyl (C=O) groups excluding carboxylic acids is 1. The van der Waals surface area contributed by atoms with Crippen molar-refractivity contribution in [3.05, 3.63) is 132 Å². The molecule has 0 saturated heterocycles. The lowest BCUT2D eigenvalue weighted by atomic mass is 9.79. The maximum atomic E-state index is 12.8. The van der Waals surface area contributed by atoms with E-state index in [9.17, 15) is 4.79 Å². The van der Waals surface area contributed by atoms with Gasteiger partial charge in [0, 0.05) is 27.2 Å². The molecule has 1 saturated carbocycles. The average molecular weight is 618 g/mol. The number of carbonyl (C=O) groups is 1. The lowest BCUT2D eigenvalue weighted by Gasteiger charge is -2.26. The van der Waals surface area contributed by atoms with E-state index in [0.29, 0.717) is 34.3 Å². The number of hydrogen-bond donors (Lipinski definition) is 1. The summed E-state index contributed by atoms with van der Waals surface area (Å²) < 4.78 is 5.65. The maximum Gasteiger partial charge on any atom is 0.343 e. The van der Waals surface area contributed by atoms with Crippen LogP contribution in [0.15, 0.2) is 142 Å². The molecule has 0 unspecified atom stereocenters. The molecular weight excluding hydrogens is 582 g/mol. The van der Waals surface area contributed by atoms with E-state index in [2.05, 4.69) is 39.5 Å². The van der Waals surface area contributed by atoms with Gasteiger partial charge < -0.3 is 10.5 Å². The summed E-state index contributed by atoms with van der Waals surface area (Å²) >= 11 is 0. The van der Waals surface area contributed by atoms with Crippen LogP contribution in [0.5, 0.6) is 5.75 Å². The Bertz CT molecular complexity index is 2110. The third-order valence-electron chi connectivity index (χ3n) is 9.03. The van der Waals surface area contributed by atoms with Crippen LogP contribution in [0.2, 0.25) is 0 Å². The Balaban J connectivity index is 1.04. The molecule has 0 radical (unpaired) electrons. The molecule has 0 atom stereocenters. The monoisotopic (exact) mass is 617 g/mol. The molecule has 0 heterocycles. The predicted octanol–water partition coefficient (Wildman–Crippen LogP) is 11.9. The first-order valence-electron chi connectivity index (χ1n) is 16.1. The van der Waals surface area contributed by atoms with Gasteiger partial charge >= 0.3 is 5.97 Å². The Labute approximate surface area is 273 Å². The SMILES string of the molecule is CC1CCC(c2ccc(OC(=O)c3ccc(N=Nc4ccc(N=Nc5ccc(N)c6ccccc56)c5ccccc45)cc3)cc2)CC1. The zero-order valence-electron chi connectivity index (χ0n) is 26.2. The molecule has 0 spiro atoms. The number of nitrogens with zero attached hydrogens (tertiary/aromatic N) is 4. The van der Waals surface area contributed by atoms with Crippen molar-refractivity contribution in [1.82, 2.24) is 0 Å². The predicted molar refractivity (Wildman–Crippen MR) is 189 cm³/mol. The van der Waals surface area contributed by atoms with Crippen molar-refractivity contribution in [3.8, 4) is 5.75 Å². The number of benzene rings is 6. The molecule has 6 aromatic rings. The standard InChI is InChI=1S/C40H35N5O2/c1-26-10-12-27(13-11-26)28-16-20-31(21-17-28)47-40(46)29-14-18-30(19-15-29)42-43-38-24-25-39(35-9-5-4-8-34(35)38)45-44-37-23-22-36(41)32-6-2-3-7-33(32)37/h2-9,14-27H,10-13,41H2,1H3. The first-order chi connectivity index (χ1) is 23.0. The normalized spacial score (nSPS) is 16.7. The topological polar surface area (TPSA) is 102 Å². The second-order valence-corrected chi connectivity index (χ2v) is 12.2. The van der Waals surface area contributed by atoms with Gasteiger partial charge in [-0.05, 0) is 90.9 Å². The lowest BCUT2D eigenvalue weighted by molar-refractivity contribution is 0.0734. The molecule has 47 heavy (non-hydrogen) atoms. The number of ether oxygens (including phenoxy) is 1. The van der Waals surface area contributed by atoms with Gasteiger partial charge in [0.25, 0.3) is 0 Å². The zero-order chi connectivity index (χ0) is 32.2. The third-order valence-corrected chi connectivity index (χ3v) is 9.03. The quantitative estimate of drug-likeness (QED) is 0.0834. The molecule has 7 nitrogen and oxygen atoms in total. The van der Waals surface area contributed by atoms with Crippen LogP contribution in [0.1, 0.15) is 54.4 Å². The summed E-state index contributed by atoms with van der Waals surface area (Å²) in [5.41, 5.74) is 11.4. The Morgan fingerprint density at radius 1 is 0.596 bits per heavy atom. The Hall–Kier alpha value is -5.69. The van der Waals surface area contributed by atoms with Gasteiger partial charge in [-0.15, -0.1) is 15.3 Å². The van der Waals surface area contributed by atoms with Gasteiger partial charge in [-0.2, -0.15) is 5.11 Å². The molecule has 1 fully saturated rings.